The molecule has 0 spiro atoms. The average molecular weight is 238 g/mol. The lowest BCUT2D eigenvalue weighted by Gasteiger charge is -2.15. The molecule has 94 valence electrons. The Kier molecular flexibility index (Phi) is 5.10. The molecule has 17 heavy (non-hydrogen) atoms. The molecule has 4 heteroatoms. The van der Waals surface area contributed by atoms with Gasteiger partial charge in [-0.1, -0.05) is 6.07 Å². The summed E-state index contributed by atoms with van der Waals surface area (Å²) in [4.78, 5) is 13.2. The van der Waals surface area contributed by atoms with E-state index in [9.17, 15) is 9.18 Å². The van der Waals surface area contributed by atoms with Crippen LogP contribution in [0.1, 0.15) is 18.1 Å². The number of carbonyl (C=O) groups is 1. The predicted octanol–water partition coefficient (Wildman–Crippen LogP) is 1.70. The molecule has 0 aliphatic heterocycles. The number of rotatable bonds is 5. The summed E-state index contributed by atoms with van der Waals surface area (Å²) in [6.45, 7) is 5.38. The van der Waals surface area contributed by atoms with E-state index in [2.05, 4.69) is 5.32 Å². The fraction of sp³-hybridized carbons (Fsp3) is 0.462. The van der Waals surface area contributed by atoms with Gasteiger partial charge in [0.05, 0.1) is 6.54 Å². The van der Waals surface area contributed by atoms with Crippen LogP contribution in [-0.2, 0) is 11.3 Å². The molecule has 0 aromatic heterocycles. The van der Waals surface area contributed by atoms with E-state index in [4.69, 9.17) is 0 Å². The maximum atomic E-state index is 12.9. The SMILES string of the molecule is CCN(C)C(=O)CNCc1ccc(F)cc1C. The van der Waals surface area contributed by atoms with Gasteiger partial charge in [0.1, 0.15) is 5.82 Å². The molecule has 0 saturated carbocycles. The fourth-order valence-corrected chi connectivity index (χ4v) is 1.47. The van der Waals surface area contributed by atoms with E-state index in [1.165, 1.54) is 12.1 Å². The number of likely N-dealkylation sites (N-methyl/N-ethyl adjacent to an activating group) is 1. The molecule has 1 N–H and O–H groups in total. The van der Waals surface area contributed by atoms with Crippen molar-refractivity contribution in [2.24, 2.45) is 0 Å². The Morgan fingerprint density at radius 1 is 1.47 bits per heavy atom. The molecule has 0 bridgehead atoms. The van der Waals surface area contributed by atoms with E-state index in [0.29, 0.717) is 19.6 Å². The van der Waals surface area contributed by atoms with Crippen LogP contribution >= 0.6 is 0 Å². The van der Waals surface area contributed by atoms with Gasteiger partial charge in [0.2, 0.25) is 5.91 Å². The molecule has 0 aliphatic rings. The summed E-state index contributed by atoms with van der Waals surface area (Å²) in [5, 5.41) is 3.06. The Morgan fingerprint density at radius 3 is 2.76 bits per heavy atom. The first-order valence-electron chi connectivity index (χ1n) is 5.74. The lowest BCUT2D eigenvalue weighted by molar-refractivity contribution is -0.128. The van der Waals surface area contributed by atoms with Crippen LogP contribution < -0.4 is 5.32 Å². The molecule has 3 nitrogen and oxygen atoms in total. The highest BCUT2D eigenvalue weighted by Crippen LogP contribution is 2.09. The molecule has 0 aliphatic carbocycles. The van der Waals surface area contributed by atoms with Crippen LogP contribution in [0.3, 0.4) is 0 Å². The summed E-state index contributed by atoms with van der Waals surface area (Å²) in [7, 11) is 1.77. The van der Waals surface area contributed by atoms with Crippen LogP contribution in [0, 0.1) is 12.7 Å². The third kappa shape index (κ3) is 4.15. The molecule has 1 aromatic rings. The van der Waals surface area contributed by atoms with Crippen molar-refractivity contribution in [3.05, 3.63) is 35.1 Å². The van der Waals surface area contributed by atoms with Crippen LogP contribution in [-0.4, -0.2) is 30.9 Å². The zero-order valence-corrected chi connectivity index (χ0v) is 10.6. The second-order valence-corrected chi connectivity index (χ2v) is 4.08. The minimum Gasteiger partial charge on any atom is -0.345 e. The lowest BCUT2D eigenvalue weighted by Crippen LogP contribution is -2.35. The lowest BCUT2D eigenvalue weighted by atomic mass is 10.1. The number of hydrogen-bond donors (Lipinski definition) is 1. The van der Waals surface area contributed by atoms with Gasteiger partial charge in [-0.2, -0.15) is 0 Å². The molecular formula is C13H19FN2O. The summed E-state index contributed by atoms with van der Waals surface area (Å²) in [6.07, 6.45) is 0. The first-order valence-corrected chi connectivity index (χ1v) is 5.74. The number of carbonyl (C=O) groups excluding carboxylic acids is 1. The van der Waals surface area contributed by atoms with Crippen molar-refractivity contribution in [3.8, 4) is 0 Å². The number of amides is 1. The van der Waals surface area contributed by atoms with E-state index >= 15 is 0 Å². The molecule has 0 atom stereocenters. The quantitative estimate of drug-likeness (QED) is 0.847. The van der Waals surface area contributed by atoms with Crippen molar-refractivity contribution in [1.82, 2.24) is 10.2 Å². The molecule has 0 fully saturated rings. The number of nitrogens with zero attached hydrogens (tertiary/aromatic N) is 1. The van der Waals surface area contributed by atoms with Crippen LogP contribution in [0.15, 0.2) is 18.2 Å². The normalized spacial score (nSPS) is 10.4. The van der Waals surface area contributed by atoms with Gasteiger partial charge in [-0.15, -0.1) is 0 Å². The van der Waals surface area contributed by atoms with Gasteiger partial charge in [0.15, 0.2) is 0 Å². The number of benzene rings is 1. The van der Waals surface area contributed by atoms with Gasteiger partial charge in [0.25, 0.3) is 0 Å². The van der Waals surface area contributed by atoms with Gasteiger partial charge < -0.3 is 10.2 Å². The highest BCUT2D eigenvalue weighted by Gasteiger charge is 2.06. The van der Waals surface area contributed by atoms with Crippen molar-refractivity contribution >= 4 is 5.91 Å². The topological polar surface area (TPSA) is 32.3 Å². The standard InChI is InChI=1S/C13H19FN2O/c1-4-16(3)13(17)9-15-8-11-5-6-12(14)7-10(11)2/h5-7,15H,4,8-9H2,1-3H3. The van der Waals surface area contributed by atoms with Crippen LogP contribution in [0.25, 0.3) is 0 Å². The van der Waals surface area contributed by atoms with Crippen molar-refractivity contribution in [2.45, 2.75) is 20.4 Å². The molecule has 0 heterocycles. The largest absolute Gasteiger partial charge is 0.345 e. The van der Waals surface area contributed by atoms with E-state index in [0.717, 1.165) is 11.1 Å². The maximum Gasteiger partial charge on any atom is 0.236 e. The van der Waals surface area contributed by atoms with Crippen molar-refractivity contribution < 1.29 is 9.18 Å². The summed E-state index contributed by atoms with van der Waals surface area (Å²) >= 11 is 0. The van der Waals surface area contributed by atoms with Crippen molar-refractivity contribution in [2.75, 3.05) is 20.1 Å². The summed E-state index contributed by atoms with van der Waals surface area (Å²) in [5.41, 5.74) is 1.91. The van der Waals surface area contributed by atoms with Crippen LogP contribution in [0.2, 0.25) is 0 Å². The van der Waals surface area contributed by atoms with Crippen LogP contribution in [0.4, 0.5) is 4.39 Å². The van der Waals surface area contributed by atoms with Gasteiger partial charge in [0, 0.05) is 20.1 Å². The highest BCUT2D eigenvalue weighted by atomic mass is 19.1. The van der Waals surface area contributed by atoms with Crippen molar-refractivity contribution in [1.29, 1.82) is 0 Å². The number of hydrogen-bond acceptors (Lipinski definition) is 2. The van der Waals surface area contributed by atoms with E-state index in [-0.39, 0.29) is 11.7 Å². The zero-order valence-electron chi connectivity index (χ0n) is 10.6. The average Bonchev–Trinajstić information content (AvgIpc) is 2.30. The number of halogens is 1. The Morgan fingerprint density at radius 2 is 2.18 bits per heavy atom. The Bertz CT molecular complexity index is 393. The zero-order chi connectivity index (χ0) is 12.8. The third-order valence-electron chi connectivity index (χ3n) is 2.80. The molecule has 1 amide bonds. The molecule has 0 saturated heterocycles. The van der Waals surface area contributed by atoms with Gasteiger partial charge in [-0.05, 0) is 37.1 Å². The van der Waals surface area contributed by atoms with Gasteiger partial charge in [-0.25, -0.2) is 4.39 Å². The van der Waals surface area contributed by atoms with E-state index < -0.39 is 0 Å². The fourth-order valence-electron chi connectivity index (χ4n) is 1.47. The minimum absolute atomic E-state index is 0.0623. The van der Waals surface area contributed by atoms with Crippen LogP contribution in [0.5, 0.6) is 0 Å². The molecule has 1 aromatic carbocycles. The maximum absolute atomic E-state index is 12.9. The molecule has 0 radical (unpaired) electrons. The Hall–Kier alpha value is -1.42. The highest BCUT2D eigenvalue weighted by molar-refractivity contribution is 5.77. The molecular weight excluding hydrogens is 219 g/mol. The Balaban J connectivity index is 2.43. The van der Waals surface area contributed by atoms with E-state index in [1.54, 1.807) is 18.0 Å². The first kappa shape index (κ1) is 13.6. The van der Waals surface area contributed by atoms with Gasteiger partial charge in [-0.3, -0.25) is 4.79 Å². The molecule has 1 rings (SSSR count). The predicted molar refractivity (Wildman–Crippen MR) is 66.2 cm³/mol. The third-order valence-corrected chi connectivity index (χ3v) is 2.80. The summed E-state index contributed by atoms with van der Waals surface area (Å²) in [5.74, 6) is -0.166. The monoisotopic (exact) mass is 238 g/mol. The minimum atomic E-state index is -0.229. The summed E-state index contributed by atoms with van der Waals surface area (Å²) < 4.78 is 12.9. The molecule has 0 unspecified atom stereocenters. The first-order chi connectivity index (χ1) is 8.04. The smallest absolute Gasteiger partial charge is 0.236 e. The summed E-state index contributed by atoms with van der Waals surface area (Å²) in [6, 6.07) is 4.67. The second kappa shape index (κ2) is 6.35. The van der Waals surface area contributed by atoms with E-state index in [1.807, 2.05) is 13.8 Å². The van der Waals surface area contributed by atoms with Gasteiger partial charge >= 0.3 is 0 Å². The second-order valence-electron chi connectivity index (χ2n) is 4.08. The number of nitrogens with one attached hydrogen (secondary N) is 1. The Labute approximate surface area is 102 Å². The number of aryl methyl sites for hydroxylation is 1. The van der Waals surface area contributed by atoms with Crippen molar-refractivity contribution in [3.63, 3.8) is 0 Å².